The number of methoxy groups -OCH3 is 1. The van der Waals surface area contributed by atoms with Gasteiger partial charge in [0.05, 0.1) is 12.2 Å². The average molecular weight is 190 g/mol. The van der Waals surface area contributed by atoms with E-state index >= 15 is 0 Å². The summed E-state index contributed by atoms with van der Waals surface area (Å²) in [7, 11) is 1.31. The van der Waals surface area contributed by atoms with Crippen molar-refractivity contribution in [1.82, 2.24) is 5.43 Å². The molecule has 0 bridgehead atoms. The van der Waals surface area contributed by atoms with E-state index in [0.717, 1.165) is 17.2 Å². The molecule has 1 amide bonds. The summed E-state index contributed by atoms with van der Waals surface area (Å²) in [6.07, 6.45) is 0.292. The Kier molecular flexibility index (Phi) is 6.55. The van der Waals surface area contributed by atoms with E-state index in [-0.39, 0.29) is 0 Å². The lowest BCUT2D eigenvalue weighted by Gasteiger charge is -2.01. The number of hydrogen-bond acceptors (Lipinski definition) is 4. The third kappa shape index (κ3) is 5.01. The number of hydrazone groups is 1. The predicted octanol–water partition coefficient (Wildman–Crippen LogP) is 1.82. The van der Waals surface area contributed by atoms with Crippen molar-refractivity contribution < 1.29 is 9.53 Å². The van der Waals surface area contributed by atoms with Gasteiger partial charge in [0.2, 0.25) is 0 Å². The zero-order valence-corrected chi connectivity index (χ0v) is 8.40. The molecule has 70 valence electrons. The van der Waals surface area contributed by atoms with Crippen LogP contribution in [-0.4, -0.2) is 24.0 Å². The quantitative estimate of drug-likeness (QED) is 0.419. The van der Waals surface area contributed by atoms with E-state index in [1.165, 1.54) is 7.11 Å². The molecule has 0 aromatic rings. The topological polar surface area (TPSA) is 50.7 Å². The summed E-state index contributed by atoms with van der Waals surface area (Å²) in [5.41, 5.74) is 2.27. The number of nitrogens with zero attached hydrogens (tertiary/aromatic N) is 1. The zero-order valence-electron chi connectivity index (χ0n) is 7.59. The number of carbonyl (C=O) groups is 1. The first kappa shape index (κ1) is 11.3. The Morgan fingerprint density at radius 2 is 2.25 bits per heavy atom. The van der Waals surface area contributed by atoms with Crippen molar-refractivity contribution in [2.24, 2.45) is 5.10 Å². The van der Waals surface area contributed by atoms with Gasteiger partial charge >= 0.3 is 6.09 Å². The van der Waals surface area contributed by atoms with E-state index in [1.807, 2.05) is 13.8 Å². The molecule has 12 heavy (non-hydrogen) atoms. The molecule has 0 heterocycles. The van der Waals surface area contributed by atoms with Crippen LogP contribution in [0.25, 0.3) is 0 Å². The molecule has 0 saturated carbocycles. The molecule has 5 heteroatoms. The van der Waals surface area contributed by atoms with Crippen molar-refractivity contribution in [2.45, 2.75) is 20.3 Å². The Labute approximate surface area is 76.7 Å². The fourth-order valence-corrected chi connectivity index (χ4v) is 1.18. The molecule has 0 rings (SSSR count). The number of rotatable bonds is 3. The van der Waals surface area contributed by atoms with Gasteiger partial charge in [0, 0.05) is 0 Å². The molecular formula is C7H14N2O2S. The van der Waals surface area contributed by atoms with E-state index in [9.17, 15) is 4.79 Å². The maximum absolute atomic E-state index is 10.6. The number of hydrogen-bond donors (Lipinski definition) is 1. The molecule has 0 saturated heterocycles. The van der Waals surface area contributed by atoms with Crippen LogP contribution in [0.1, 0.15) is 20.3 Å². The standard InChI is InChI=1S/C7H14N2O2S/c1-4-6(12-5-2)8-9-7(10)11-3/h4-5H2,1-3H3,(H,9,10)/b8-6+. The summed E-state index contributed by atoms with van der Waals surface area (Å²) in [4.78, 5) is 10.6. The molecule has 0 aromatic heterocycles. The fraction of sp³-hybridized carbons (Fsp3) is 0.714. The van der Waals surface area contributed by atoms with Crippen LogP contribution < -0.4 is 5.43 Å². The molecule has 0 unspecified atom stereocenters. The van der Waals surface area contributed by atoms with Gasteiger partial charge in [-0.05, 0) is 12.2 Å². The van der Waals surface area contributed by atoms with Gasteiger partial charge in [0.25, 0.3) is 0 Å². The number of nitrogens with one attached hydrogen (secondary N) is 1. The van der Waals surface area contributed by atoms with E-state index in [4.69, 9.17) is 0 Å². The largest absolute Gasteiger partial charge is 0.452 e. The Morgan fingerprint density at radius 3 is 2.67 bits per heavy atom. The highest BCUT2D eigenvalue weighted by Crippen LogP contribution is 2.05. The lowest BCUT2D eigenvalue weighted by molar-refractivity contribution is 0.171. The first-order valence-corrected chi connectivity index (χ1v) is 4.76. The van der Waals surface area contributed by atoms with Gasteiger partial charge in [0.1, 0.15) is 0 Å². The normalized spacial score (nSPS) is 11.1. The van der Waals surface area contributed by atoms with Crippen molar-refractivity contribution in [1.29, 1.82) is 0 Å². The molecule has 0 fully saturated rings. The minimum absolute atomic E-state index is 0.530. The molecule has 0 aliphatic rings. The van der Waals surface area contributed by atoms with Crippen LogP contribution in [0.15, 0.2) is 5.10 Å². The highest BCUT2D eigenvalue weighted by atomic mass is 32.2. The van der Waals surface area contributed by atoms with Gasteiger partial charge in [-0.25, -0.2) is 10.2 Å². The summed E-state index contributed by atoms with van der Waals surface area (Å²) in [6.45, 7) is 4.02. The highest BCUT2D eigenvalue weighted by molar-refractivity contribution is 8.13. The fourth-order valence-electron chi connectivity index (χ4n) is 0.534. The van der Waals surface area contributed by atoms with Crippen molar-refractivity contribution >= 4 is 22.9 Å². The second kappa shape index (κ2) is 6.97. The van der Waals surface area contributed by atoms with Crippen LogP contribution >= 0.6 is 11.8 Å². The van der Waals surface area contributed by atoms with Crippen molar-refractivity contribution in [2.75, 3.05) is 12.9 Å². The summed E-state index contributed by atoms with van der Waals surface area (Å²) >= 11 is 1.61. The van der Waals surface area contributed by atoms with Crippen LogP contribution in [-0.2, 0) is 4.74 Å². The Balaban J connectivity index is 3.84. The van der Waals surface area contributed by atoms with Gasteiger partial charge < -0.3 is 4.74 Å². The van der Waals surface area contributed by atoms with Crippen molar-refractivity contribution in [3.8, 4) is 0 Å². The summed E-state index contributed by atoms with van der Waals surface area (Å²) in [6, 6.07) is 0. The third-order valence-corrected chi connectivity index (χ3v) is 2.07. The summed E-state index contributed by atoms with van der Waals surface area (Å²) in [5.74, 6) is 0.954. The van der Waals surface area contributed by atoms with Gasteiger partial charge in [-0.1, -0.05) is 13.8 Å². The third-order valence-electron chi connectivity index (χ3n) is 1.07. The van der Waals surface area contributed by atoms with E-state index in [0.29, 0.717) is 0 Å². The number of amides is 1. The number of thioether (sulfide) groups is 1. The van der Waals surface area contributed by atoms with Gasteiger partial charge in [-0.3, -0.25) is 0 Å². The monoisotopic (exact) mass is 190 g/mol. The van der Waals surface area contributed by atoms with E-state index in [2.05, 4.69) is 15.3 Å². The molecule has 0 radical (unpaired) electrons. The molecule has 4 nitrogen and oxygen atoms in total. The SMILES string of the molecule is CCS/C(CC)=N/NC(=O)OC. The second-order valence-corrected chi connectivity index (χ2v) is 3.23. The number of carbonyl (C=O) groups excluding carboxylic acids is 1. The van der Waals surface area contributed by atoms with Gasteiger partial charge in [-0.15, -0.1) is 11.8 Å². The lowest BCUT2D eigenvalue weighted by atomic mass is 10.5. The molecule has 1 N–H and O–H groups in total. The van der Waals surface area contributed by atoms with Crippen LogP contribution in [0.4, 0.5) is 4.79 Å². The van der Waals surface area contributed by atoms with Crippen molar-refractivity contribution in [3.63, 3.8) is 0 Å². The average Bonchev–Trinajstić information content (AvgIpc) is 2.11. The van der Waals surface area contributed by atoms with Crippen LogP contribution in [0.2, 0.25) is 0 Å². The smallest absolute Gasteiger partial charge is 0.427 e. The maximum Gasteiger partial charge on any atom is 0.427 e. The molecule has 0 spiro atoms. The molecule has 0 aliphatic carbocycles. The van der Waals surface area contributed by atoms with E-state index < -0.39 is 6.09 Å². The van der Waals surface area contributed by atoms with Gasteiger partial charge in [-0.2, -0.15) is 5.10 Å². The predicted molar refractivity (Wildman–Crippen MR) is 51.4 cm³/mol. The van der Waals surface area contributed by atoms with Gasteiger partial charge in [0.15, 0.2) is 0 Å². The minimum atomic E-state index is -0.530. The first-order chi connectivity index (χ1) is 5.74. The van der Waals surface area contributed by atoms with Crippen LogP contribution in [0.3, 0.4) is 0 Å². The summed E-state index contributed by atoms with van der Waals surface area (Å²) < 4.78 is 4.36. The van der Waals surface area contributed by atoms with Crippen LogP contribution in [0.5, 0.6) is 0 Å². The Hall–Kier alpha value is -0.710. The zero-order chi connectivity index (χ0) is 9.40. The molecular weight excluding hydrogens is 176 g/mol. The van der Waals surface area contributed by atoms with Crippen molar-refractivity contribution in [3.05, 3.63) is 0 Å². The minimum Gasteiger partial charge on any atom is -0.452 e. The Bertz CT molecular complexity index is 171. The number of ether oxygens (including phenoxy) is 1. The molecule has 0 atom stereocenters. The lowest BCUT2D eigenvalue weighted by Crippen LogP contribution is -2.18. The van der Waals surface area contributed by atoms with E-state index in [1.54, 1.807) is 11.8 Å². The highest BCUT2D eigenvalue weighted by Gasteiger charge is 1.98. The maximum atomic E-state index is 10.6. The molecule has 0 aliphatic heterocycles. The van der Waals surface area contributed by atoms with Crippen LogP contribution in [0, 0.1) is 0 Å². The first-order valence-electron chi connectivity index (χ1n) is 3.77. The molecule has 0 aromatic carbocycles. The Morgan fingerprint density at radius 1 is 1.58 bits per heavy atom. The second-order valence-electron chi connectivity index (χ2n) is 1.90. The summed E-state index contributed by atoms with van der Waals surface area (Å²) in [5, 5.41) is 4.76.